The molecule has 0 radical (unpaired) electrons. The highest BCUT2D eigenvalue weighted by atomic mass is 32.2. The molecule has 1 fully saturated rings. The Morgan fingerprint density at radius 2 is 2.04 bits per heavy atom. The summed E-state index contributed by atoms with van der Waals surface area (Å²) in [6, 6.07) is 8.34. The van der Waals surface area contributed by atoms with Crippen LogP contribution in [0.25, 0.3) is 0 Å². The van der Waals surface area contributed by atoms with E-state index < -0.39 is 5.41 Å². The normalized spacial score (nSPS) is 21.9. The summed E-state index contributed by atoms with van der Waals surface area (Å²) < 4.78 is 0. The van der Waals surface area contributed by atoms with Crippen molar-refractivity contribution < 1.29 is 4.79 Å². The first-order valence-electron chi connectivity index (χ1n) is 7.79. The maximum atomic E-state index is 12.8. The van der Waals surface area contributed by atoms with Crippen molar-refractivity contribution in [2.24, 2.45) is 5.41 Å². The van der Waals surface area contributed by atoms with Crippen molar-refractivity contribution in [2.45, 2.75) is 37.8 Å². The molecule has 1 atom stereocenters. The number of rotatable bonds is 6. The van der Waals surface area contributed by atoms with E-state index in [0.717, 1.165) is 22.9 Å². The quantitative estimate of drug-likeness (QED) is 0.631. The van der Waals surface area contributed by atoms with Crippen LogP contribution in [0.4, 0.5) is 0 Å². The number of hydrogen-bond acceptors (Lipinski definition) is 4. The fourth-order valence-electron chi connectivity index (χ4n) is 3.20. The van der Waals surface area contributed by atoms with Gasteiger partial charge in [0.1, 0.15) is 6.33 Å². The lowest BCUT2D eigenvalue weighted by Gasteiger charge is -2.21. The monoisotopic (exact) mass is 330 g/mol. The highest BCUT2D eigenvalue weighted by molar-refractivity contribution is 7.99. The zero-order valence-electron chi connectivity index (χ0n) is 13.7. The Hall–Kier alpha value is -1.82. The fourth-order valence-corrected chi connectivity index (χ4v) is 3.83. The number of aromatic amines is 1. The third-order valence-electron chi connectivity index (χ3n) is 4.69. The summed E-state index contributed by atoms with van der Waals surface area (Å²) in [5, 5.41) is 10.5. The van der Waals surface area contributed by atoms with Gasteiger partial charge in [-0.3, -0.25) is 9.89 Å². The van der Waals surface area contributed by atoms with Crippen molar-refractivity contribution >= 4 is 17.7 Å². The summed E-state index contributed by atoms with van der Waals surface area (Å²) in [4.78, 5) is 16.9. The van der Waals surface area contributed by atoms with Crippen LogP contribution >= 0.6 is 11.8 Å². The molecule has 1 aromatic heterocycles. The summed E-state index contributed by atoms with van der Waals surface area (Å²) >= 11 is 1.55. The molecule has 0 bridgehead atoms. The number of aromatic nitrogens is 3. The standard InChI is InChI=1S/C17H22N4OS/c1-12-4-6-13(7-5-12)17(10-16(17,2)3)14(22)18-8-9-23-15-19-11-20-21-15/h4-7,11H,8-10H2,1-3H3,(H,18,22)(H,19,20,21). The number of benzene rings is 1. The van der Waals surface area contributed by atoms with Gasteiger partial charge in [-0.15, -0.1) is 0 Å². The van der Waals surface area contributed by atoms with Gasteiger partial charge in [0.05, 0.1) is 5.41 Å². The van der Waals surface area contributed by atoms with Crippen molar-refractivity contribution in [3.63, 3.8) is 0 Å². The van der Waals surface area contributed by atoms with E-state index in [9.17, 15) is 4.79 Å². The summed E-state index contributed by atoms with van der Waals surface area (Å²) in [6.45, 7) is 7.01. The molecule has 2 N–H and O–H groups in total. The SMILES string of the molecule is Cc1ccc(C2(C(=O)NCCSc3ncn[nH]3)CC2(C)C)cc1. The van der Waals surface area contributed by atoms with Crippen LogP contribution in [-0.4, -0.2) is 33.4 Å². The lowest BCUT2D eigenvalue weighted by molar-refractivity contribution is -0.124. The number of H-pyrrole nitrogens is 1. The van der Waals surface area contributed by atoms with E-state index in [-0.39, 0.29) is 11.3 Å². The lowest BCUT2D eigenvalue weighted by atomic mass is 9.86. The molecule has 5 nitrogen and oxygen atoms in total. The van der Waals surface area contributed by atoms with Gasteiger partial charge >= 0.3 is 0 Å². The van der Waals surface area contributed by atoms with E-state index in [0.29, 0.717) is 6.54 Å². The molecule has 2 aromatic rings. The van der Waals surface area contributed by atoms with Gasteiger partial charge in [0.2, 0.25) is 5.91 Å². The molecule has 1 unspecified atom stereocenters. The van der Waals surface area contributed by atoms with E-state index >= 15 is 0 Å². The van der Waals surface area contributed by atoms with Gasteiger partial charge in [-0.25, -0.2) is 4.98 Å². The van der Waals surface area contributed by atoms with E-state index in [1.54, 1.807) is 11.8 Å². The molecule has 6 heteroatoms. The first-order valence-corrected chi connectivity index (χ1v) is 8.78. The van der Waals surface area contributed by atoms with Crippen LogP contribution < -0.4 is 5.32 Å². The van der Waals surface area contributed by atoms with Crippen molar-refractivity contribution in [1.82, 2.24) is 20.5 Å². The largest absolute Gasteiger partial charge is 0.354 e. The maximum absolute atomic E-state index is 12.8. The summed E-state index contributed by atoms with van der Waals surface area (Å²) in [7, 11) is 0. The Bertz CT molecular complexity index is 681. The molecule has 1 aromatic carbocycles. The maximum Gasteiger partial charge on any atom is 0.231 e. The molecule has 122 valence electrons. The third kappa shape index (κ3) is 3.00. The molecule has 1 heterocycles. The molecular weight excluding hydrogens is 308 g/mol. The predicted molar refractivity (Wildman–Crippen MR) is 91.4 cm³/mol. The van der Waals surface area contributed by atoms with Crippen molar-refractivity contribution in [1.29, 1.82) is 0 Å². The third-order valence-corrected chi connectivity index (χ3v) is 5.57. The van der Waals surface area contributed by atoms with Crippen molar-refractivity contribution in [3.8, 4) is 0 Å². The molecular formula is C17H22N4OS. The minimum atomic E-state index is -0.391. The second-order valence-electron chi connectivity index (χ2n) is 6.73. The van der Waals surface area contributed by atoms with Gasteiger partial charge in [-0.05, 0) is 24.3 Å². The van der Waals surface area contributed by atoms with Crippen LogP contribution in [0.5, 0.6) is 0 Å². The van der Waals surface area contributed by atoms with Gasteiger partial charge in [-0.1, -0.05) is 55.4 Å². The van der Waals surface area contributed by atoms with Crippen LogP contribution in [0.1, 0.15) is 31.4 Å². The minimum absolute atomic E-state index is 0.00438. The van der Waals surface area contributed by atoms with Crippen molar-refractivity contribution in [3.05, 3.63) is 41.7 Å². The Morgan fingerprint density at radius 1 is 1.35 bits per heavy atom. The number of amides is 1. The summed E-state index contributed by atoms with van der Waals surface area (Å²) in [5.74, 6) is 0.898. The first kappa shape index (κ1) is 16.1. The topological polar surface area (TPSA) is 70.7 Å². The summed E-state index contributed by atoms with van der Waals surface area (Å²) in [6.07, 6.45) is 2.38. The Kier molecular flexibility index (Phi) is 4.19. The van der Waals surface area contributed by atoms with Crippen LogP contribution in [0.2, 0.25) is 0 Å². The second-order valence-corrected chi connectivity index (χ2v) is 7.81. The molecule has 0 saturated heterocycles. The van der Waals surface area contributed by atoms with Crippen LogP contribution in [0.15, 0.2) is 35.7 Å². The molecule has 1 aliphatic carbocycles. The number of nitrogens with zero attached hydrogens (tertiary/aromatic N) is 2. The van der Waals surface area contributed by atoms with E-state index in [4.69, 9.17) is 0 Å². The van der Waals surface area contributed by atoms with E-state index in [2.05, 4.69) is 65.5 Å². The van der Waals surface area contributed by atoms with Crippen molar-refractivity contribution in [2.75, 3.05) is 12.3 Å². The molecule has 23 heavy (non-hydrogen) atoms. The van der Waals surface area contributed by atoms with E-state index in [1.807, 2.05) is 0 Å². The zero-order chi connectivity index (χ0) is 16.5. The lowest BCUT2D eigenvalue weighted by Crippen LogP contribution is -2.38. The Morgan fingerprint density at radius 3 is 2.61 bits per heavy atom. The predicted octanol–water partition coefficient (Wildman–Crippen LogP) is 2.69. The number of thioether (sulfide) groups is 1. The number of aryl methyl sites for hydroxylation is 1. The van der Waals surface area contributed by atoms with Crippen LogP contribution in [0.3, 0.4) is 0 Å². The molecule has 1 amide bonds. The number of hydrogen-bond donors (Lipinski definition) is 2. The highest BCUT2D eigenvalue weighted by Crippen LogP contribution is 2.64. The average molecular weight is 330 g/mol. The number of carbonyl (C=O) groups is 1. The Balaban J connectivity index is 1.62. The van der Waals surface area contributed by atoms with Gasteiger partial charge in [0.15, 0.2) is 5.16 Å². The Labute approximate surface area is 140 Å². The molecule has 0 spiro atoms. The molecule has 1 saturated carbocycles. The first-order chi connectivity index (χ1) is 11.0. The minimum Gasteiger partial charge on any atom is -0.354 e. The van der Waals surface area contributed by atoms with Gasteiger partial charge < -0.3 is 5.32 Å². The second kappa shape index (κ2) is 6.00. The van der Waals surface area contributed by atoms with Gasteiger partial charge in [0, 0.05) is 12.3 Å². The molecule has 0 aliphatic heterocycles. The molecule has 1 aliphatic rings. The van der Waals surface area contributed by atoms with Crippen LogP contribution in [0, 0.1) is 12.3 Å². The van der Waals surface area contributed by atoms with Gasteiger partial charge in [0.25, 0.3) is 0 Å². The fraction of sp³-hybridized carbons (Fsp3) is 0.471. The number of nitrogens with one attached hydrogen (secondary N) is 2. The highest BCUT2D eigenvalue weighted by Gasteiger charge is 2.66. The molecule has 3 rings (SSSR count). The summed E-state index contributed by atoms with van der Waals surface area (Å²) in [5.41, 5.74) is 1.95. The zero-order valence-corrected chi connectivity index (χ0v) is 14.5. The van der Waals surface area contributed by atoms with Crippen LogP contribution in [-0.2, 0) is 10.2 Å². The van der Waals surface area contributed by atoms with Gasteiger partial charge in [-0.2, -0.15) is 5.10 Å². The van der Waals surface area contributed by atoms with E-state index in [1.165, 1.54) is 11.9 Å². The number of carbonyl (C=O) groups excluding carboxylic acids is 1. The smallest absolute Gasteiger partial charge is 0.231 e. The average Bonchev–Trinajstić information content (AvgIpc) is 2.88.